The number of rotatable bonds is 3. The number of urea groups is 1. The van der Waals surface area contributed by atoms with Gasteiger partial charge < -0.3 is 15.5 Å². The maximum atomic E-state index is 12.3. The molecule has 1 aliphatic heterocycles. The minimum atomic E-state index is -0.515. The van der Waals surface area contributed by atoms with E-state index in [9.17, 15) is 9.59 Å². The summed E-state index contributed by atoms with van der Waals surface area (Å²) in [6.45, 7) is 0.374. The second kappa shape index (κ2) is 4.77. The van der Waals surface area contributed by atoms with Crippen LogP contribution in [0.4, 0.5) is 4.79 Å². The van der Waals surface area contributed by atoms with Crippen molar-refractivity contribution >= 4 is 11.9 Å². The highest BCUT2D eigenvalue weighted by atomic mass is 16.2. The van der Waals surface area contributed by atoms with Gasteiger partial charge in [-0.25, -0.2) is 4.79 Å². The first-order valence-electron chi connectivity index (χ1n) is 6.88. The molecule has 108 valence electrons. The van der Waals surface area contributed by atoms with Gasteiger partial charge in [-0.1, -0.05) is 12.1 Å². The topological polar surface area (TPSA) is 85.2 Å². The fraction of sp³-hybridized carbons (Fsp3) is 0.400. The smallest absolute Gasteiger partial charge is 0.317 e. The third-order valence-corrected chi connectivity index (χ3v) is 4.07. The van der Waals surface area contributed by atoms with E-state index in [4.69, 9.17) is 5.26 Å². The van der Waals surface area contributed by atoms with Gasteiger partial charge in [-0.3, -0.25) is 4.79 Å². The third kappa shape index (κ3) is 2.42. The molecule has 3 amide bonds. The lowest BCUT2D eigenvalue weighted by Crippen LogP contribution is -2.47. The Morgan fingerprint density at radius 1 is 1.52 bits per heavy atom. The molecular formula is C15H16N4O2. The first-order chi connectivity index (χ1) is 10.0. The molecule has 3 rings (SSSR count). The first-order valence-corrected chi connectivity index (χ1v) is 6.88. The molecule has 1 aromatic rings. The number of likely N-dealkylation sites (N-methyl/N-ethyl adjacent to an activating group) is 1. The molecule has 0 aromatic heterocycles. The van der Waals surface area contributed by atoms with Crippen molar-refractivity contribution in [3.05, 3.63) is 35.4 Å². The van der Waals surface area contributed by atoms with Crippen molar-refractivity contribution in [3.8, 4) is 6.07 Å². The van der Waals surface area contributed by atoms with Crippen LogP contribution in [0.15, 0.2) is 24.3 Å². The number of amides is 3. The van der Waals surface area contributed by atoms with E-state index in [-0.39, 0.29) is 17.5 Å². The lowest BCUT2D eigenvalue weighted by Gasteiger charge is -2.20. The van der Waals surface area contributed by atoms with Gasteiger partial charge in [0, 0.05) is 7.05 Å². The Morgan fingerprint density at radius 3 is 2.86 bits per heavy atom. The van der Waals surface area contributed by atoms with Crippen LogP contribution < -0.4 is 10.6 Å². The highest BCUT2D eigenvalue weighted by molar-refractivity contribution is 5.91. The van der Waals surface area contributed by atoms with E-state index < -0.39 is 6.04 Å². The number of nitrogens with one attached hydrogen (secondary N) is 2. The molecule has 1 aliphatic carbocycles. The summed E-state index contributed by atoms with van der Waals surface area (Å²) in [5.41, 5.74) is 1.16. The zero-order chi connectivity index (χ0) is 15.0. The van der Waals surface area contributed by atoms with Crippen LogP contribution in [0.5, 0.6) is 0 Å². The summed E-state index contributed by atoms with van der Waals surface area (Å²) in [5.74, 6) is -0.174. The molecule has 2 aliphatic rings. The largest absolute Gasteiger partial charge is 0.345 e. The molecule has 6 nitrogen and oxygen atoms in total. The van der Waals surface area contributed by atoms with Gasteiger partial charge in [0.2, 0.25) is 5.91 Å². The molecule has 2 fully saturated rings. The average molecular weight is 284 g/mol. The summed E-state index contributed by atoms with van der Waals surface area (Å²) in [6.07, 6.45) is 1.70. The predicted molar refractivity (Wildman–Crippen MR) is 75.2 cm³/mol. The molecule has 1 atom stereocenters. The maximum absolute atomic E-state index is 12.3. The van der Waals surface area contributed by atoms with Gasteiger partial charge in [-0.15, -0.1) is 0 Å². The molecule has 6 heteroatoms. The molecule has 0 spiro atoms. The summed E-state index contributed by atoms with van der Waals surface area (Å²) in [6, 6.07) is 8.67. The molecule has 0 radical (unpaired) electrons. The Labute approximate surface area is 122 Å². The lowest BCUT2D eigenvalue weighted by atomic mass is 10.0. The van der Waals surface area contributed by atoms with Crippen molar-refractivity contribution in [1.82, 2.24) is 15.5 Å². The van der Waals surface area contributed by atoms with Crippen LogP contribution in [0.2, 0.25) is 0 Å². The van der Waals surface area contributed by atoms with Gasteiger partial charge in [-0.05, 0) is 30.5 Å². The molecule has 1 saturated carbocycles. The fourth-order valence-corrected chi connectivity index (χ4v) is 2.63. The molecule has 0 bridgehead atoms. The maximum Gasteiger partial charge on any atom is 0.317 e. The highest BCUT2D eigenvalue weighted by Crippen LogP contribution is 2.45. The van der Waals surface area contributed by atoms with Gasteiger partial charge in [0.15, 0.2) is 0 Å². The quantitative estimate of drug-likeness (QED) is 0.856. The van der Waals surface area contributed by atoms with Gasteiger partial charge in [-0.2, -0.15) is 5.26 Å². The first kappa shape index (κ1) is 13.4. The summed E-state index contributed by atoms with van der Waals surface area (Å²) < 4.78 is 0. The zero-order valence-corrected chi connectivity index (χ0v) is 11.7. The summed E-state index contributed by atoms with van der Waals surface area (Å²) in [5, 5.41) is 14.6. The van der Waals surface area contributed by atoms with Gasteiger partial charge in [0.1, 0.15) is 6.04 Å². The minimum Gasteiger partial charge on any atom is -0.345 e. The van der Waals surface area contributed by atoms with E-state index in [1.807, 2.05) is 18.2 Å². The Hall–Kier alpha value is -2.55. The van der Waals surface area contributed by atoms with Crippen molar-refractivity contribution in [1.29, 1.82) is 5.26 Å². The van der Waals surface area contributed by atoms with Crippen molar-refractivity contribution in [3.63, 3.8) is 0 Å². The van der Waals surface area contributed by atoms with E-state index in [0.717, 1.165) is 18.4 Å². The predicted octanol–water partition coefficient (Wildman–Crippen LogP) is 0.687. The minimum absolute atomic E-state index is 0.174. The number of carbonyl (C=O) groups is 2. The second-order valence-electron chi connectivity index (χ2n) is 5.65. The van der Waals surface area contributed by atoms with Crippen LogP contribution in [0.1, 0.15) is 24.0 Å². The summed E-state index contributed by atoms with van der Waals surface area (Å²) in [7, 11) is 1.66. The van der Waals surface area contributed by atoms with Crippen molar-refractivity contribution < 1.29 is 9.59 Å². The Kier molecular flexibility index (Phi) is 3.05. The number of nitrogens with zero attached hydrogens (tertiary/aromatic N) is 2. The van der Waals surface area contributed by atoms with Crippen molar-refractivity contribution in [2.24, 2.45) is 0 Å². The summed E-state index contributed by atoms with van der Waals surface area (Å²) >= 11 is 0. The number of carbonyl (C=O) groups excluding carboxylic acids is 2. The normalized spacial score (nSPS) is 22.4. The molecule has 2 N–H and O–H groups in total. The number of hydrogen-bond acceptors (Lipinski definition) is 3. The van der Waals surface area contributed by atoms with Crippen LogP contribution in [0, 0.1) is 11.3 Å². The molecule has 1 heterocycles. The monoisotopic (exact) mass is 284 g/mol. The van der Waals surface area contributed by atoms with Crippen LogP contribution in [-0.2, 0) is 10.3 Å². The standard InChI is InChI=1S/C15H16N4O2/c1-19-9-12(17-14(19)21)13(20)18-15(5-6-15)11-4-2-3-10(7-11)8-16/h2-4,7,12H,5-6,9H2,1H3,(H,17,21)(H,18,20). The van der Waals surface area contributed by atoms with E-state index in [1.54, 1.807) is 13.1 Å². The number of nitriles is 1. The lowest BCUT2D eigenvalue weighted by molar-refractivity contribution is -0.123. The molecule has 1 saturated heterocycles. The van der Waals surface area contributed by atoms with Gasteiger partial charge in [0.25, 0.3) is 0 Å². The van der Waals surface area contributed by atoms with Crippen LogP contribution in [0.25, 0.3) is 0 Å². The van der Waals surface area contributed by atoms with Crippen molar-refractivity contribution in [2.75, 3.05) is 13.6 Å². The average Bonchev–Trinajstić information content (AvgIpc) is 3.19. The molecule has 21 heavy (non-hydrogen) atoms. The Morgan fingerprint density at radius 2 is 2.29 bits per heavy atom. The van der Waals surface area contributed by atoms with Gasteiger partial charge in [0.05, 0.1) is 23.7 Å². The van der Waals surface area contributed by atoms with Crippen LogP contribution in [-0.4, -0.2) is 36.5 Å². The van der Waals surface area contributed by atoms with E-state index >= 15 is 0 Å². The molecular weight excluding hydrogens is 268 g/mol. The Bertz CT molecular complexity index is 645. The van der Waals surface area contributed by atoms with E-state index in [0.29, 0.717) is 12.1 Å². The Balaban J connectivity index is 1.74. The summed E-state index contributed by atoms with van der Waals surface area (Å²) in [4.78, 5) is 25.2. The molecule has 1 aromatic carbocycles. The molecule has 1 unspecified atom stereocenters. The SMILES string of the molecule is CN1CC(C(=O)NC2(c3cccc(C#N)c3)CC2)NC1=O. The fourth-order valence-electron chi connectivity index (χ4n) is 2.63. The van der Waals surface area contributed by atoms with E-state index in [1.165, 1.54) is 4.90 Å². The third-order valence-electron chi connectivity index (χ3n) is 4.07. The number of benzene rings is 1. The van der Waals surface area contributed by atoms with Crippen molar-refractivity contribution in [2.45, 2.75) is 24.4 Å². The number of hydrogen-bond donors (Lipinski definition) is 2. The van der Waals surface area contributed by atoms with Gasteiger partial charge >= 0.3 is 6.03 Å². The van der Waals surface area contributed by atoms with E-state index in [2.05, 4.69) is 16.7 Å². The second-order valence-corrected chi connectivity index (χ2v) is 5.65. The van der Waals surface area contributed by atoms with Crippen LogP contribution >= 0.6 is 0 Å². The zero-order valence-electron chi connectivity index (χ0n) is 11.7. The highest BCUT2D eigenvalue weighted by Gasteiger charge is 2.47. The van der Waals surface area contributed by atoms with Crippen LogP contribution in [0.3, 0.4) is 0 Å².